The Labute approximate surface area is 106 Å². The number of anilines is 1. The highest BCUT2D eigenvalue weighted by molar-refractivity contribution is 5.45. The predicted octanol–water partition coefficient (Wildman–Crippen LogP) is 2.58. The van der Waals surface area contributed by atoms with E-state index in [2.05, 4.69) is 5.32 Å². The SMILES string of the molecule is Fc1ccccc1NC1CCOC2(CCOC2)C1. The third kappa shape index (κ3) is 2.35. The zero-order valence-corrected chi connectivity index (χ0v) is 10.3. The molecule has 3 rings (SSSR count). The fraction of sp³-hybridized carbons (Fsp3) is 0.571. The zero-order valence-electron chi connectivity index (χ0n) is 10.3. The second-order valence-corrected chi connectivity index (χ2v) is 5.15. The van der Waals surface area contributed by atoms with Crippen LogP contribution in [0.5, 0.6) is 0 Å². The van der Waals surface area contributed by atoms with E-state index in [-0.39, 0.29) is 17.5 Å². The minimum atomic E-state index is -0.194. The molecule has 2 heterocycles. The number of hydrogen-bond acceptors (Lipinski definition) is 3. The molecule has 98 valence electrons. The molecule has 2 fully saturated rings. The Balaban J connectivity index is 1.68. The number of nitrogens with one attached hydrogen (secondary N) is 1. The van der Waals surface area contributed by atoms with Crippen molar-refractivity contribution in [1.29, 1.82) is 0 Å². The molecule has 3 nitrogen and oxygen atoms in total. The van der Waals surface area contributed by atoms with Crippen molar-refractivity contribution in [3.63, 3.8) is 0 Å². The number of ether oxygens (including phenoxy) is 2. The largest absolute Gasteiger partial charge is 0.380 e. The summed E-state index contributed by atoms with van der Waals surface area (Å²) in [4.78, 5) is 0. The normalized spacial score (nSPS) is 31.7. The highest BCUT2D eigenvalue weighted by Crippen LogP contribution is 2.34. The van der Waals surface area contributed by atoms with E-state index in [0.717, 1.165) is 32.5 Å². The Kier molecular flexibility index (Phi) is 3.22. The van der Waals surface area contributed by atoms with Gasteiger partial charge in [-0.25, -0.2) is 4.39 Å². The van der Waals surface area contributed by atoms with E-state index in [9.17, 15) is 4.39 Å². The summed E-state index contributed by atoms with van der Waals surface area (Å²) in [6.45, 7) is 2.16. The summed E-state index contributed by atoms with van der Waals surface area (Å²) >= 11 is 0. The van der Waals surface area contributed by atoms with Crippen molar-refractivity contribution in [2.24, 2.45) is 0 Å². The summed E-state index contributed by atoms with van der Waals surface area (Å²) in [5.74, 6) is -0.194. The van der Waals surface area contributed by atoms with Crippen molar-refractivity contribution in [1.82, 2.24) is 0 Å². The van der Waals surface area contributed by atoms with Gasteiger partial charge >= 0.3 is 0 Å². The van der Waals surface area contributed by atoms with Crippen molar-refractivity contribution in [2.75, 3.05) is 25.1 Å². The smallest absolute Gasteiger partial charge is 0.146 e. The van der Waals surface area contributed by atoms with Crippen LogP contribution in [0.4, 0.5) is 10.1 Å². The van der Waals surface area contributed by atoms with E-state index < -0.39 is 0 Å². The number of benzene rings is 1. The lowest BCUT2D eigenvalue weighted by Gasteiger charge is -2.37. The first-order chi connectivity index (χ1) is 8.77. The molecule has 18 heavy (non-hydrogen) atoms. The lowest BCUT2D eigenvalue weighted by atomic mass is 9.89. The quantitative estimate of drug-likeness (QED) is 0.876. The van der Waals surface area contributed by atoms with Crippen LogP contribution in [0.1, 0.15) is 19.3 Å². The van der Waals surface area contributed by atoms with Crippen LogP contribution in [0.15, 0.2) is 24.3 Å². The molecule has 4 heteroatoms. The molecular weight excluding hydrogens is 233 g/mol. The lowest BCUT2D eigenvalue weighted by molar-refractivity contribution is -0.0828. The predicted molar refractivity (Wildman–Crippen MR) is 67.2 cm³/mol. The molecule has 1 spiro atoms. The summed E-state index contributed by atoms with van der Waals surface area (Å²) in [5.41, 5.74) is 0.444. The van der Waals surface area contributed by atoms with Crippen molar-refractivity contribution < 1.29 is 13.9 Å². The first-order valence-electron chi connectivity index (χ1n) is 6.50. The molecule has 2 atom stereocenters. The summed E-state index contributed by atoms with van der Waals surface area (Å²) in [7, 11) is 0. The summed E-state index contributed by atoms with van der Waals surface area (Å²) < 4.78 is 24.9. The van der Waals surface area contributed by atoms with Crippen LogP contribution < -0.4 is 5.32 Å². The minimum absolute atomic E-state index is 0.138. The molecule has 0 aliphatic carbocycles. The Morgan fingerprint density at radius 1 is 1.28 bits per heavy atom. The summed E-state index contributed by atoms with van der Waals surface area (Å²) in [6.07, 6.45) is 2.75. The second kappa shape index (κ2) is 4.86. The van der Waals surface area contributed by atoms with E-state index in [0.29, 0.717) is 12.3 Å². The second-order valence-electron chi connectivity index (χ2n) is 5.15. The standard InChI is InChI=1S/C14H18FNO2/c15-12-3-1-2-4-13(12)16-11-5-7-18-14(9-11)6-8-17-10-14/h1-4,11,16H,5-10H2. The van der Waals surface area contributed by atoms with E-state index in [4.69, 9.17) is 9.47 Å². The van der Waals surface area contributed by atoms with Crippen molar-refractivity contribution in [3.05, 3.63) is 30.1 Å². The van der Waals surface area contributed by atoms with Gasteiger partial charge < -0.3 is 14.8 Å². The van der Waals surface area contributed by atoms with Crippen LogP contribution >= 0.6 is 0 Å². The van der Waals surface area contributed by atoms with Gasteiger partial charge in [0.2, 0.25) is 0 Å². The van der Waals surface area contributed by atoms with Gasteiger partial charge in [0.15, 0.2) is 0 Å². The maximum absolute atomic E-state index is 13.6. The monoisotopic (exact) mass is 251 g/mol. The topological polar surface area (TPSA) is 30.5 Å². The third-order valence-corrected chi connectivity index (χ3v) is 3.79. The molecule has 1 aromatic carbocycles. The Hall–Kier alpha value is -1.13. The van der Waals surface area contributed by atoms with Gasteiger partial charge in [-0.15, -0.1) is 0 Å². The number of para-hydroxylation sites is 1. The van der Waals surface area contributed by atoms with Gasteiger partial charge in [-0.1, -0.05) is 12.1 Å². The van der Waals surface area contributed by atoms with E-state index in [1.807, 2.05) is 6.07 Å². The zero-order chi connectivity index (χ0) is 12.4. The van der Waals surface area contributed by atoms with Crippen molar-refractivity contribution in [3.8, 4) is 0 Å². The third-order valence-electron chi connectivity index (χ3n) is 3.79. The van der Waals surface area contributed by atoms with Crippen LogP contribution in [0.25, 0.3) is 0 Å². The first kappa shape index (κ1) is 11.9. The van der Waals surface area contributed by atoms with Crippen LogP contribution in [0, 0.1) is 5.82 Å². The fourth-order valence-corrected chi connectivity index (χ4v) is 2.81. The molecule has 0 amide bonds. The number of rotatable bonds is 2. The summed E-state index contributed by atoms with van der Waals surface area (Å²) in [5, 5.41) is 3.29. The van der Waals surface area contributed by atoms with Gasteiger partial charge in [0, 0.05) is 25.7 Å². The van der Waals surface area contributed by atoms with Crippen molar-refractivity contribution >= 4 is 5.69 Å². The molecule has 0 saturated carbocycles. The molecule has 2 saturated heterocycles. The number of halogens is 1. The molecule has 1 N–H and O–H groups in total. The highest BCUT2D eigenvalue weighted by Gasteiger charge is 2.41. The maximum Gasteiger partial charge on any atom is 0.146 e. The van der Waals surface area contributed by atoms with Gasteiger partial charge in [-0.3, -0.25) is 0 Å². The fourth-order valence-electron chi connectivity index (χ4n) is 2.81. The molecule has 2 aliphatic heterocycles. The van der Waals surface area contributed by atoms with Gasteiger partial charge in [-0.2, -0.15) is 0 Å². The molecule has 0 aromatic heterocycles. The van der Waals surface area contributed by atoms with Crippen LogP contribution in [0.3, 0.4) is 0 Å². The average molecular weight is 251 g/mol. The maximum atomic E-state index is 13.6. The molecule has 0 bridgehead atoms. The van der Waals surface area contributed by atoms with E-state index >= 15 is 0 Å². The Bertz CT molecular complexity index is 418. The molecule has 1 aromatic rings. The summed E-state index contributed by atoms with van der Waals surface area (Å²) in [6, 6.07) is 7.08. The van der Waals surface area contributed by atoms with Crippen LogP contribution in [-0.4, -0.2) is 31.5 Å². The van der Waals surface area contributed by atoms with Gasteiger partial charge in [0.1, 0.15) is 5.82 Å². The van der Waals surface area contributed by atoms with Gasteiger partial charge in [-0.05, 0) is 25.0 Å². The molecular formula is C14H18FNO2. The minimum Gasteiger partial charge on any atom is -0.380 e. The molecule has 2 aliphatic rings. The highest BCUT2D eigenvalue weighted by atomic mass is 19.1. The first-order valence-corrected chi connectivity index (χ1v) is 6.50. The molecule has 2 unspecified atom stereocenters. The van der Waals surface area contributed by atoms with E-state index in [1.165, 1.54) is 6.07 Å². The van der Waals surface area contributed by atoms with E-state index in [1.54, 1.807) is 12.1 Å². The van der Waals surface area contributed by atoms with Gasteiger partial charge in [0.05, 0.1) is 17.9 Å². The van der Waals surface area contributed by atoms with Crippen LogP contribution in [0.2, 0.25) is 0 Å². The van der Waals surface area contributed by atoms with Crippen LogP contribution in [-0.2, 0) is 9.47 Å². The Morgan fingerprint density at radius 2 is 2.17 bits per heavy atom. The van der Waals surface area contributed by atoms with Crippen molar-refractivity contribution in [2.45, 2.75) is 30.9 Å². The number of hydrogen-bond donors (Lipinski definition) is 1. The average Bonchev–Trinajstić information content (AvgIpc) is 2.80. The lowest BCUT2D eigenvalue weighted by Crippen LogP contribution is -2.45. The Morgan fingerprint density at radius 3 is 2.94 bits per heavy atom. The molecule has 0 radical (unpaired) electrons. The van der Waals surface area contributed by atoms with Gasteiger partial charge in [0.25, 0.3) is 0 Å².